The van der Waals surface area contributed by atoms with E-state index in [4.69, 9.17) is 4.74 Å². The third-order valence-electron chi connectivity index (χ3n) is 5.62. The van der Waals surface area contributed by atoms with E-state index in [1.54, 1.807) is 7.11 Å². The van der Waals surface area contributed by atoms with Crippen LogP contribution in [0.15, 0.2) is 65.2 Å². The average Bonchev–Trinajstić information content (AvgIpc) is 2.77. The smallest absolute Gasteiger partial charge is 0.311 e. The Kier molecular flexibility index (Phi) is 9.91. The zero-order chi connectivity index (χ0) is 24.0. The monoisotopic (exact) mass is 502 g/mol. The standard InChI is InChI=1S/C26H30N2O4S.ClH/c1-26(2,33-27-31)17-28(3)16-19-7-5-18(6-8-19)13-24(25(29)30)22-10-9-21-15-23(32-4)12-11-20(21)14-22;/h5-12,14-15,24H,13,16-17H2,1-4H3,(H,29,30);1H/t24-;/m0./s1. The van der Waals surface area contributed by atoms with Crippen molar-refractivity contribution in [3.05, 3.63) is 82.3 Å². The lowest BCUT2D eigenvalue weighted by Crippen LogP contribution is -2.33. The highest BCUT2D eigenvalue weighted by Crippen LogP contribution is 2.28. The molecule has 3 aromatic carbocycles. The molecule has 0 aliphatic rings. The highest BCUT2D eigenvalue weighted by atomic mass is 35.5. The van der Waals surface area contributed by atoms with Crippen molar-refractivity contribution < 1.29 is 14.6 Å². The van der Waals surface area contributed by atoms with E-state index >= 15 is 0 Å². The maximum atomic E-state index is 12.1. The molecule has 0 saturated carbocycles. The van der Waals surface area contributed by atoms with E-state index < -0.39 is 11.9 Å². The number of halogens is 1. The molecule has 3 rings (SSSR count). The molecule has 1 N–H and O–H groups in total. The van der Waals surface area contributed by atoms with Crippen molar-refractivity contribution >= 4 is 41.1 Å². The van der Waals surface area contributed by atoms with Gasteiger partial charge in [0.05, 0.1) is 13.0 Å². The molecule has 0 unspecified atom stereocenters. The molecule has 0 spiro atoms. The third-order valence-corrected chi connectivity index (χ3v) is 6.32. The van der Waals surface area contributed by atoms with Crippen molar-refractivity contribution in [2.45, 2.75) is 37.5 Å². The number of rotatable bonds is 11. The fourth-order valence-corrected chi connectivity index (χ4v) is 4.58. The van der Waals surface area contributed by atoms with E-state index in [2.05, 4.69) is 9.48 Å². The number of methoxy groups -OCH3 is 1. The highest BCUT2D eigenvalue weighted by molar-refractivity contribution is 7.99. The summed E-state index contributed by atoms with van der Waals surface area (Å²) in [6, 6.07) is 19.6. The zero-order valence-corrected chi connectivity index (χ0v) is 21.5. The van der Waals surface area contributed by atoms with Gasteiger partial charge in [-0.15, -0.1) is 17.3 Å². The molecule has 0 fully saturated rings. The van der Waals surface area contributed by atoms with Crippen molar-refractivity contribution in [2.75, 3.05) is 20.7 Å². The van der Waals surface area contributed by atoms with Crippen LogP contribution in [0.5, 0.6) is 5.75 Å². The van der Waals surface area contributed by atoms with Gasteiger partial charge in [-0.1, -0.05) is 48.5 Å². The van der Waals surface area contributed by atoms with Gasteiger partial charge in [0.15, 0.2) is 0 Å². The van der Waals surface area contributed by atoms with Crippen molar-refractivity contribution in [2.24, 2.45) is 4.58 Å². The van der Waals surface area contributed by atoms with Crippen molar-refractivity contribution in [1.29, 1.82) is 0 Å². The SMILES string of the molecule is COc1ccc2cc([C@H](Cc3ccc(CN(C)CC(C)(C)SN=O)cc3)C(=O)O)ccc2c1.Cl. The number of carboxylic acids is 1. The number of aliphatic carboxylic acids is 1. The molecule has 0 aliphatic carbocycles. The van der Waals surface area contributed by atoms with E-state index in [0.717, 1.165) is 58.2 Å². The second-order valence-corrected chi connectivity index (χ2v) is 10.4. The predicted molar refractivity (Wildman–Crippen MR) is 142 cm³/mol. The molecule has 0 aliphatic heterocycles. The van der Waals surface area contributed by atoms with Gasteiger partial charge in [-0.2, -0.15) is 0 Å². The van der Waals surface area contributed by atoms with Gasteiger partial charge in [-0.3, -0.25) is 4.79 Å². The second-order valence-electron chi connectivity index (χ2n) is 8.98. The molecule has 0 aromatic heterocycles. The lowest BCUT2D eigenvalue weighted by molar-refractivity contribution is -0.138. The van der Waals surface area contributed by atoms with Crippen LogP contribution in [0.1, 0.15) is 36.5 Å². The Bertz CT molecular complexity index is 1120. The summed E-state index contributed by atoms with van der Waals surface area (Å²) in [4.78, 5) is 24.8. The Morgan fingerprint density at radius 1 is 1.06 bits per heavy atom. The molecule has 0 bridgehead atoms. The summed E-state index contributed by atoms with van der Waals surface area (Å²) < 4.78 is 7.97. The van der Waals surface area contributed by atoms with Crippen LogP contribution >= 0.6 is 24.4 Å². The molecule has 3 aromatic rings. The van der Waals surface area contributed by atoms with Crippen molar-refractivity contribution in [3.8, 4) is 5.75 Å². The summed E-state index contributed by atoms with van der Waals surface area (Å²) >= 11 is 1.05. The van der Waals surface area contributed by atoms with Gasteiger partial charge in [-0.05, 0) is 66.9 Å². The lowest BCUT2D eigenvalue weighted by atomic mass is 9.90. The Hall–Kier alpha value is -2.61. The Labute approximate surface area is 211 Å². The minimum Gasteiger partial charge on any atom is -0.497 e. The lowest BCUT2D eigenvalue weighted by Gasteiger charge is -2.26. The number of nitrogens with zero attached hydrogens (tertiary/aromatic N) is 2. The minimum absolute atomic E-state index is 0. The van der Waals surface area contributed by atoms with Crippen LogP contribution in [0.4, 0.5) is 0 Å². The number of hydrogen-bond donors (Lipinski definition) is 1. The molecule has 6 nitrogen and oxygen atoms in total. The Morgan fingerprint density at radius 2 is 1.68 bits per heavy atom. The van der Waals surface area contributed by atoms with E-state index in [1.165, 1.54) is 0 Å². The normalized spacial score (nSPS) is 12.3. The number of nitroso groups, excluding NO2 is 1. The minimum atomic E-state index is -0.838. The van der Waals surface area contributed by atoms with Crippen LogP contribution in [0, 0.1) is 4.91 Å². The molecule has 34 heavy (non-hydrogen) atoms. The summed E-state index contributed by atoms with van der Waals surface area (Å²) in [6.45, 7) is 5.45. The maximum Gasteiger partial charge on any atom is 0.311 e. The van der Waals surface area contributed by atoms with Gasteiger partial charge >= 0.3 is 5.97 Å². The first-order valence-electron chi connectivity index (χ1n) is 10.8. The number of benzene rings is 3. The predicted octanol–water partition coefficient (Wildman–Crippen LogP) is 6.31. The first-order valence-corrected chi connectivity index (χ1v) is 11.6. The second kappa shape index (κ2) is 12.2. The van der Waals surface area contributed by atoms with Gasteiger partial charge in [0.2, 0.25) is 0 Å². The highest BCUT2D eigenvalue weighted by Gasteiger charge is 2.23. The van der Waals surface area contributed by atoms with Crippen LogP contribution in [0.3, 0.4) is 0 Å². The molecule has 182 valence electrons. The summed E-state index contributed by atoms with van der Waals surface area (Å²) in [5, 5.41) is 11.9. The first kappa shape index (κ1) is 27.6. The first-order chi connectivity index (χ1) is 15.7. The number of carboxylic acid groups (broad SMARTS) is 1. The van der Waals surface area contributed by atoms with Crippen LogP contribution in [-0.4, -0.2) is 41.4 Å². The van der Waals surface area contributed by atoms with E-state index in [1.807, 2.05) is 81.6 Å². The topological polar surface area (TPSA) is 79.2 Å². The summed E-state index contributed by atoms with van der Waals surface area (Å²) in [6.07, 6.45) is 0.418. The molecule has 0 radical (unpaired) electrons. The van der Waals surface area contributed by atoms with Crippen LogP contribution in [-0.2, 0) is 17.8 Å². The number of ether oxygens (including phenoxy) is 1. The van der Waals surface area contributed by atoms with E-state index in [0.29, 0.717) is 6.42 Å². The fraction of sp³-hybridized carbons (Fsp3) is 0.346. The van der Waals surface area contributed by atoms with Crippen LogP contribution in [0.25, 0.3) is 10.8 Å². The van der Waals surface area contributed by atoms with Crippen LogP contribution in [0.2, 0.25) is 0 Å². The molecular weight excluding hydrogens is 472 g/mol. The average molecular weight is 503 g/mol. The Balaban J connectivity index is 0.00000408. The van der Waals surface area contributed by atoms with E-state index in [-0.39, 0.29) is 17.2 Å². The third kappa shape index (κ3) is 7.45. The zero-order valence-electron chi connectivity index (χ0n) is 19.9. The van der Waals surface area contributed by atoms with Gasteiger partial charge in [0, 0.05) is 34.4 Å². The summed E-state index contributed by atoms with van der Waals surface area (Å²) in [5.74, 6) is -0.688. The molecule has 0 heterocycles. The quantitative estimate of drug-likeness (QED) is 0.244. The fourth-order valence-electron chi connectivity index (χ4n) is 4.10. The van der Waals surface area contributed by atoms with Gasteiger partial charge in [0.1, 0.15) is 5.75 Å². The number of fused-ring (bicyclic) bond motifs is 1. The van der Waals surface area contributed by atoms with Crippen molar-refractivity contribution in [1.82, 2.24) is 4.90 Å². The summed E-state index contributed by atoms with van der Waals surface area (Å²) in [7, 11) is 3.64. The number of carbonyl (C=O) groups is 1. The molecule has 8 heteroatoms. The molecular formula is C26H31ClN2O4S. The van der Waals surface area contributed by atoms with Crippen LogP contribution < -0.4 is 4.74 Å². The Morgan fingerprint density at radius 3 is 2.29 bits per heavy atom. The van der Waals surface area contributed by atoms with Gasteiger partial charge < -0.3 is 14.7 Å². The van der Waals surface area contributed by atoms with Gasteiger partial charge in [0.25, 0.3) is 0 Å². The van der Waals surface area contributed by atoms with E-state index in [9.17, 15) is 14.8 Å². The number of hydrogen-bond acceptors (Lipinski definition) is 6. The van der Waals surface area contributed by atoms with Crippen molar-refractivity contribution in [3.63, 3.8) is 0 Å². The maximum absolute atomic E-state index is 12.1. The molecule has 0 amide bonds. The molecule has 0 saturated heterocycles. The largest absolute Gasteiger partial charge is 0.497 e. The van der Waals surface area contributed by atoms with Gasteiger partial charge in [-0.25, -0.2) is 0 Å². The molecule has 1 atom stereocenters. The summed E-state index contributed by atoms with van der Waals surface area (Å²) in [5.41, 5.74) is 2.89.